The SMILES string of the molecule is CCc1c(I)sc2c(F)cccc12. The standard InChI is InChI=1S/C10H8FIS/c1-2-6-7-4-3-5-8(11)9(7)13-10(6)12/h3-5H,2H2,1H3. The topological polar surface area (TPSA) is 0 Å². The Balaban J connectivity index is 2.86. The molecule has 0 aliphatic rings. The van der Waals surface area contributed by atoms with E-state index in [0.717, 1.165) is 16.5 Å². The van der Waals surface area contributed by atoms with E-state index in [2.05, 4.69) is 29.5 Å². The first-order chi connectivity index (χ1) is 6.24. The van der Waals surface area contributed by atoms with Crippen LogP contribution in [-0.4, -0.2) is 0 Å². The van der Waals surface area contributed by atoms with E-state index in [9.17, 15) is 4.39 Å². The molecule has 0 N–H and O–H groups in total. The van der Waals surface area contributed by atoms with Gasteiger partial charge >= 0.3 is 0 Å². The van der Waals surface area contributed by atoms with Crippen molar-refractivity contribution in [2.75, 3.05) is 0 Å². The maximum atomic E-state index is 13.3. The molecule has 13 heavy (non-hydrogen) atoms. The summed E-state index contributed by atoms with van der Waals surface area (Å²) in [6.07, 6.45) is 0.974. The lowest BCUT2D eigenvalue weighted by molar-refractivity contribution is 0.641. The summed E-state index contributed by atoms with van der Waals surface area (Å²) in [6, 6.07) is 5.30. The van der Waals surface area contributed by atoms with Crippen molar-refractivity contribution in [2.45, 2.75) is 13.3 Å². The van der Waals surface area contributed by atoms with Gasteiger partial charge in [-0.15, -0.1) is 11.3 Å². The van der Waals surface area contributed by atoms with Gasteiger partial charge in [0.25, 0.3) is 0 Å². The Morgan fingerprint density at radius 3 is 2.92 bits per heavy atom. The minimum atomic E-state index is -0.0971. The molecule has 0 nitrogen and oxygen atoms in total. The molecule has 1 heterocycles. The number of aryl methyl sites for hydroxylation is 1. The molecule has 0 bridgehead atoms. The molecule has 0 saturated carbocycles. The number of thiophene rings is 1. The van der Waals surface area contributed by atoms with Crippen molar-refractivity contribution in [1.82, 2.24) is 0 Å². The lowest BCUT2D eigenvalue weighted by atomic mass is 10.1. The summed E-state index contributed by atoms with van der Waals surface area (Å²) in [6.45, 7) is 2.11. The molecular formula is C10H8FIS. The Morgan fingerprint density at radius 2 is 2.23 bits per heavy atom. The number of fused-ring (bicyclic) bond motifs is 1. The van der Waals surface area contributed by atoms with Crippen LogP contribution in [0.4, 0.5) is 4.39 Å². The van der Waals surface area contributed by atoms with Crippen LogP contribution in [0.5, 0.6) is 0 Å². The van der Waals surface area contributed by atoms with Gasteiger partial charge in [0, 0.05) is 0 Å². The lowest BCUT2D eigenvalue weighted by Crippen LogP contribution is -1.79. The second kappa shape index (κ2) is 3.53. The second-order valence-electron chi connectivity index (χ2n) is 2.82. The summed E-state index contributed by atoms with van der Waals surface area (Å²) in [5.74, 6) is -0.0971. The van der Waals surface area contributed by atoms with Gasteiger partial charge in [0.1, 0.15) is 5.82 Å². The summed E-state index contributed by atoms with van der Waals surface area (Å²) < 4.78 is 15.3. The van der Waals surface area contributed by atoms with E-state index in [1.165, 1.54) is 14.5 Å². The van der Waals surface area contributed by atoms with Crippen LogP contribution in [0, 0.1) is 8.70 Å². The van der Waals surface area contributed by atoms with Gasteiger partial charge in [-0.1, -0.05) is 19.1 Å². The fourth-order valence-electron chi connectivity index (χ4n) is 1.44. The number of hydrogen-bond acceptors (Lipinski definition) is 1. The zero-order valence-corrected chi connectivity index (χ0v) is 10.1. The van der Waals surface area contributed by atoms with Crippen molar-refractivity contribution in [3.05, 3.63) is 32.5 Å². The highest BCUT2D eigenvalue weighted by atomic mass is 127. The van der Waals surface area contributed by atoms with Crippen molar-refractivity contribution in [2.24, 2.45) is 0 Å². The zero-order valence-electron chi connectivity index (χ0n) is 7.10. The molecule has 2 aromatic rings. The third-order valence-electron chi connectivity index (χ3n) is 2.07. The summed E-state index contributed by atoms with van der Waals surface area (Å²) in [4.78, 5) is 0. The van der Waals surface area contributed by atoms with E-state index in [-0.39, 0.29) is 5.82 Å². The monoisotopic (exact) mass is 306 g/mol. The molecule has 1 aromatic heterocycles. The van der Waals surface area contributed by atoms with Crippen LogP contribution in [-0.2, 0) is 6.42 Å². The van der Waals surface area contributed by atoms with Crippen LogP contribution in [0.3, 0.4) is 0 Å². The van der Waals surface area contributed by atoms with Gasteiger partial charge in [0.15, 0.2) is 0 Å². The Hall–Kier alpha value is -0.160. The van der Waals surface area contributed by atoms with Gasteiger partial charge in [-0.2, -0.15) is 0 Å². The molecule has 3 heteroatoms. The molecular weight excluding hydrogens is 298 g/mol. The third-order valence-corrected chi connectivity index (χ3v) is 4.43. The molecule has 68 valence electrons. The van der Waals surface area contributed by atoms with Crippen molar-refractivity contribution in [3.63, 3.8) is 0 Å². The summed E-state index contributed by atoms with van der Waals surface area (Å²) >= 11 is 3.82. The van der Waals surface area contributed by atoms with Gasteiger partial charge < -0.3 is 0 Å². The van der Waals surface area contributed by atoms with Gasteiger partial charge in [-0.05, 0) is 46.0 Å². The number of hydrogen-bond donors (Lipinski definition) is 0. The highest BCUT2D eigenvalue weighted by Crippen LogP contribution is 2.34. The van der Waals surface area contributed by atoms with Crippen molar-refractivity contribution < 1.29 is 4.39 Å². The number of benzene rings is 1. The van der Waals surface area contributed by atoms with Crippen LogP contribution < -0.4 is 0 Å². The predicted octanol–water partition coefficient (Wildman–Crippen LogP) is 4.21. The molecule has 0 unspecified atom stereocenters. The molecule has 2 rings (SSSR count). The zero-order chi connectivity index (χ0) is 9.42. The van der Waals surface area contributed by atoms with Gasteiger partial charge in [0.05, 0.1) is 7.58 Å². The predicted molar refractivity (Wildman–Crippen MR) is 63.9 cm³/mol. The summed E-state index contributed by atoms with van der Waals surface area (Å²) in [5.41, 5.74) is 1.28. The van der Waals surface area contributed by atoms with Crippen molar-refractivity contribution in [1.29, 1.82) is 0 Å². The van der Waals surface area contributed by atoms with E-state index in [4.69, 9.17) is 0 Å². The van der Waals surface area contributed by atoms with Crippen molar-refractivity contribution in [3.8, 4) is 0 Å². The molecule has 0 radical (unpaired) electrons. The van der Waals surface area contributed by atoms with Gasteiger partial charge in [0.2, 0.25) is 0 Å². The second-order valence-corrected chi connectivity index (χ2v) is 5.66. The molecule has 0 aliphatic heterocycles. The molecule has 0 aliphatic carbocycles. The molecule has 0 saturated heterocycles. The van der Waals surface area contributed by atoms with E-state index in [1.807, 2.05) is 6.07 Å². The lowest BCUT2D eigenvalue weighted by Gasteiger charge is -1.94. The van der Waals surface area contributed by atoms with Crippen LogP contribution in [0.1, 0.15) is 12.5 Å². The van der Waals surface area contributed by atoms with E-state index in [0.29, 0.717) is 0 Å². The van der Waals surface area contributed by atoms with Crippen LogP contribution >= 0.6 is 33.9 Å². The first-order valence-corrected chi connectivity index (χ1v) is 5.99. The van der Waals surface area contributed by atoms with E-state index < -0.39 is 0 Å². The Bertz CT molecular complexity index is 447. The minimum Gasteiger partial charge on any atom is -0.205 e. The molecule has 0 fully saturated rings. The number of rotatable bonds is 1. The van der Waals surface area contributed by atoms with E-state index in [1.54, 1.807) is 17.4 Å². The first kappa shape index (κ1) is 9.40. The highest BCUT2D eigenvalue weighted by molar-refractivity contribution is 14.1. The molecule has 0 spiro atoms. The highest BCUT2D eigenvalue weighted by Gasteiger charge is 2.10. The minimum absolute atomic E-state index is 0.0971. The van der Waals surface area contributed by atoms with Crippen LogP contribution in [0.2, 0.25) is 0 Å². The Morgan fingerprint density at radius 1 is 1.46 bits per heavy atom. The first-order valence-electron chi connectivity index (χ1n) is 4.09. The average Bonchev–Trinajstić information content (AvgIpc) is 2.43. The number of halogens is 2. The molecule has 1 aromatic carbocycles. The van der Waals surface area contributed by atoms with E-state index >= 15 is 0 Å². The fourth-order valence-corrected chi connectivity index (χ4v) is 3.79. The maximum absolute atomic E-state index is 13.3. The van der Waals surface area contributed by atoms with Crippen molar-refractivity contribution >= 4 is 44.0 Å². The smallest absolute Gasteiger partial charge is 0.141 e. The van der Waals surface area contributed by atoms with Crippen LogP contribution in [0.15, 0.2) is 18.2 Å². The molecule has 0 amide bonds. The quantitative estimate of drug-likeness (QED) is 0.692. The Kier molecular flexibility index (Phi) is 2.55. The Labute approximate surface area is 93.9 Å². The summed E-state index contributed by atoms with van der Waals surface area (Å²) in [5, 5.41) is 1.08. The normalized spacial score (nSPS) is 11.0. The third kappa shape index (κ3) is 1.48. The van der Waals surface area contributed by atoms with Crippen LogP contribution in [0.25, 0.3) is 10.1 Å². The van der Waals surface area contributed by atoms with Gasteiger partial charge in [-0.25, -0.2) is 4.39 Å². The summed E-state index contributed by atoms with van der Waals surface area (Å²) in [7, 11) is 0. The average molecular weight is 306 g/mol. The van der Waals surface area contributed by atoms with Gasteiger partial charge in [-0.3, -0.25) is 0 Å². The maximum Gasteiger partial charge on any atom is 0.141 e. The fraction of sp³-hybridized carbons (Fsp3) is 0.200. The molecule has 0 atom stereocenters. The largest absolute Gasteiger partial charge is 0.205 e.